The summed E-state index contributed by atoms with van der Waals surface area (Å²) in [5, 5.41) is 2.81. The Kier molecular flexibility index (Phi) is 4.93. The third-order valence-electron chi connectivity index (χ3n) is 2.83. The maximum absolute atomic E-state index is 12.3. The van der Waals surface area contributed by atoms with E-state index in [1.54, 1.807) is 43.5 Å². The molecule has 0 fully saturated rings. The number of anilines is 1. The highest BCUT2D eigenvalue weighted by molar-refractivity contribution is 9.10. The lowest BCUT2D eigenvalue weighted by molar-refractivity contribution is 0.102. The summed E-state index contributed by atoms with van der Waals surface area (Å²) in [4.78, 5) is 12.5. The van der Waals surface area contributed by atoms with Gasteiger partial charge in [-0.05, 0) is 36.4 Å². The number of amides is 1. The molecule has 108 valence electrons. The Morgan fingerprint density at radius 2 is 2.05 bits per heavy atom. The van der Waals surface area contributed by atoms with Gasteiger partial charge in [-0.3, -0.25) is 4.79 Å². The smallest absolute Gasteiger partial charge is 0.255 e. The first kappa shape index (κ1) is 15.5. The van der Waals surface area contributed by atoms with Crippen molar-refractivity contribution in [2.24, 2.45) is 5.73 Å². The fourth-order valence-electron chi connectivity index (χ4n) is 1.79. The van der Waals surface area contributed by atoms with Crippen LogP contribution in [-0.4, -0.2) is 18.0 Å². The zero-order valence-corrected chi connectivity index (χ0v) is 13.6. The number of rotatable bonds is 4. The van der Waals surface area contributed by atoms with Gasteiger partial charge in [-0.2, -0.15) is 0 Å². The first-order valence-electron chi connectivity index (χ1n) is 6.06. The highest BCUT2D eigenvalue weighted by Crippen LogP contribution is 2.23. The highest BCUT2D eigenvalue weighted by Gasteiger charge is 2.12. The molecule has 4 nitrogen and oxygen atoms in total. The summed E-state index contributed by atoms with van der Waals surface area (Å²) in [5.41, 5.74) is 7.33. The summed E-state index contributed by atoms with van der Waals surface area (Å²) >= 11 is 8.35. The molecule has 0 aliphatic heterocycles. The third-order valence-corrected chi connectivity index (χ3v) is 3.54. The summed E-state index contributed by atoms with van der Waals surface area (Å²) in [6.45, 7) is 0. The van der Waals surface area contributed by atoms with Gasteiger partial charge in [0.2, 0.25) is 0 Å². The minimum atomic E-state index is -0.260. The van der Waals surface area contributed by atoms with Crippen molar-refractivity contribution in [2.75, 3.05) is 12.4 Å². The Bertz CT molecular complexity index is 704. The van der Waals surface area contributed by atoms with Crippen LogP contribution in [0.5, 0.6) is 5.75 Å². The number of nitrogens with one attached hydrogen (secondary N) is 1. The van der Waals surface area contributed by atoms with Crippen molar-refractivity contribution in [1.82, 2.24) is 0 Å². The lowest BCUT2D eigenvalue weighted by Gasteiger charge is -2.11. The molecule has 21 heavy (non-hydrogen) atoms. The first-order valence-corrected chi connectivity index (χ1v) is 7.26. The molecule has 3 N–H and O–H groups in total. The quantitative estimate of drug-likeness (QED) is 0.816. The molecule has 0 radical (unpaired) electrons. The maximum atomic E-state index is 12.3. The van der Waals surface area contributed by atoms with E-state index in [4.69, 9.17) is 22.7 Å². The van der Waals surface area contributed by atoms with E-state index in [9.17, 15) is 4.79 Å². The van der Waals surface area contributed by atoms with Crippen molar-refractivity contribution in [1.29, 1.82) is 0 Å². The van der Waals surface area contributed by atoms with Crippen LogP contribution in [-0.2, 0) is 0 Å². The number of methoxy groups -OCH3 is 1. The minimum absolute atomic E-state index is 0.225. The molecule has 2 aromatic rings. The van der Waals surface area contributed by atoms with E-state index in [1.807, 2.05) is 6.07 Å². The largest absolute Gasteiger partial charge is 0.497 e. The van der Waals surface area contributed by atoms with E-state index in [0.717, 1.165) is 4.47 Å². The van der Waals surface area contributed by atoms with Gasteiger partial charge in [0.05, 0.1) is 12.8 Å². The summed E-state index contributed by atoms with van der Waals surface area (Å²) < 4.78 is 5.93. The van der Waals surface area contributed by atoms with Crippen LogP contribution in [0.25, 0.3) is 0 Å². The summed E-state index contributed by atoms with van der Waals surface area (Å²) in [6, 6.07) is 12.2. The number of benzene rings is 2. The maximum Gasteiger partial charge on any atom is 0.255 e. The Balaban J connectivity index is 2.30. The van der Waals surface area contributed by atoms with Crippen molar-refractivity contribution < 1.29 is 9.53 Å². The SMILES string of the molecule is COc1cccc(C(=O)Nc2cc(Br)ccc2C(N)=S)c1. The van der Waals surface area contributed by atoms with Gasteiger partial charge in [0, 0.05) is 15.6 Å². The van der Waals surface area contributed by atoms with E-state index in [-0.39, 0.29) is 10.9 Å². The number of nitrogens with two attached hydrogens (primary N) is 1. The molecule has 2 rings (SSSR count). The molecular formula is C15H13BrN2O2S. The zero-order chi connectivity index (χ0) is 15.4. The number of ether oxygens (including phenoxy) is 1. The fourth-order valence-corrected chi connectivity index (χ4v) is 2.33. The molecule has 0 heterocycles. The summed E-state index contributed by atoms with van der Waals surface area (Å²) in [6.07, 6.45) is 0. The van der Waals surface area contributed by atoms with Gasteiger partial charge in [0.1, 0.15) is 10.7 Å². The predicted octanol–water partition coefficient (Wildman–Crippen LogP) is 3.34. The summed E-state index contributed by atoms with van der Waals surface area (Å²) in [7, 11) is 1.55. The van der Waals surface area contributed by atoms with Crippen LogP contribution in [0, 0.1) is 0 Å². The number of thiocarbonyl (C=S) groups is 1. The van der Waals surface area contributed by atoms with E-state index in [0.29, 0.717) is 22.6 Å². The highest BCUT2D eigenvalue weighted by atomic mass is 79.9. The average Bonchev–Trinajstić information content (AvgIpc) is 2.47. The van der Waals surface area contributed by atoms with Gasteiger partial charge >= 0.3 is 0 Å². The normalized spacial score (nSPS) is 10.0. The van der Waals surface area contributed by atoms with Crippen molar-refractivity contribution in [2.45, 2.75) is 0 Å². The Hall–Kier alpha value is -1.92. The molecule has 1 amide bonds. The third kappa shape index (κ3) is 3.80. The van der Waals surface area contributed by atoms with Gasteiger partial charge in [-0.25, -0.2) is 0 Å². The van der Waals surface area contributed by atoms with E-state index in [1.165, 1.54) is 0 Å². The summed E-state index contributed by atoms with van der Waals surface area (Å²) in [5.74, 6) is 0.357. The van der Waals surface area contributed by atoms with Crippen LogP contribution in [0.3, 0.4) is 0 Å². The second kappa shape index (κ2) is 6.69. The Labute approximate surface area is 136 Å². The van der Waals surface area contributed by atoms with Gasteiger partial charge < -0.3 is 15.8 Å². The number of carbonyl (C=O) groups is 1. The molecule has 0 unspecified atom stereocenters. The van der Waals surface area contributed by atoms with E-state index < -0.39 is 0 Å². The molecule has 0 aromatic heterocycles. The molecule has 0 saturated heterocycles. The minimum Gasteiger partial charge on any atom is -0.497 e. The lowest BCUT2D eigenvalue weighted by atomic mass is 10.1. The number of carbonyl (C=O) groups excluding carboxylic acids is 1. The van der Waals surface area contributed by atoms with Crippen molar-refractivity contribution >= 4 is 44.7 Å². The van der Waals surface area contributed by atoms with Crippen molar-refractivity contribution in [3.63, 3.8) is 0 Å². The van der Waals surface area contributed by atoms with Crippen molar-refractivity contribution in [3.05, 3.63) is 58.1 Å². The molecule has 0 saturated carbocycles. The topological polar surface area (TPSA) is 64.3 Å². The Morgan fingerprint density at radius 1 is 1.29 bits per heavy atom. The second-order valence-electron chi connectivity index (χ2n) is 4.24. The molecule has 0 aliphatic carbocycles. The van der Waals surface area contributed by atoms with E-state index in [2.05, 4.69) is 21.2 Å². The van der Waals surface area contributed by atoms with Gasteiger partial charge in [0.25, 0.3) is 5.91 Å². The number of hydrogen-bond donors (Lipinski definition) is 2. The van der Waals surface area contributed by atoms with Gasteiger partial charge in [-0.1, -0.05) is 34.2 Å². The van der Waals surface area contributed by atoms with Crippen LogP contribution < -0.4 is 15.8 Å². The van der Waals surface area contributed by atoms with Crippen LogP contribution in [0.4, 0.5) is 5.69 Å². The van der Waals surface area contributed by atoms with E-state index >= 15 is 0 Å². The van der Waals surface area contributed by atoms with Gasteiger partial charge in [-0.15, -0.1) is 0 Å². The zero-order valence-electron chi connectivity index (χ0n) is 11.2. The van der Waals surface area contributed by atoms with Crippen LogP contribution in [0.2, 0.25) is 0 Å². The molecule has 0 aliphatic rings. The Morgan fingerprint density at radius 3 is 2.71 bits per heavy atom. The molecular weight excluding hydrogens is 352 g/mol. The fraction of sp³-hybridized carbons (Fsp3) is 0.0667. The second-order valence-corrected chi connectivity index (χ2v) is 5.60. The van der Waals surface area contributed by atoms with Crippen LogP contribution in [0.1, 0.15) is 15.9 Å². The first-order chi connectivity index (χ1) is 10.0. The lowest BCUT2D eigenvalue weighted by Crippen LogP contribution is -2.17. The number of hydrogen-bond acceptors (Lipinski definition) is 3. The van der Waals surface area contributed by atoms with Gasteiger partial charge in [0.15, 0.2) is 0 Å². The van der Waals surface area contributed by atoms with Crippen LogP contribution >= 0.6 is 28.1 Å². The average molecular weight is 365 g/mol. The molecule has 6 heteroatoms. The predicted molar refractivity (Wildman–Crippen MR) is 91.0 cm³/mol. The monoisotopic (exact) mass is 364 g/mol. The molecule has 0 spiro atoms. The molecule has 0 atom stereocenters. The van der Waals surface area contributed by atoms with Crippen LogP contribution in [0.15, 0.2) is 46.9 Å². The van der Waals surface area contributed by atoms with Crippen molar-refractivity contribution in [3.8, 4) is 5.75 Å². The molecule has 0 bridgehead atoms. The number of halogens is 1. The standard InChI is InChI=1S/C15H13BrN2O2S/c1-20-11-4-2-3-9(7-11)15(19)18-13-8-10(16)5-6-12(13)14(17)21/h2-8H,1H3,(H2,17,21)(H,18,19). The molecule has 2 aromatic carbocycles.